The Hall–Kier alpha value is -1.66. The third-order valence-electron chi connectivity index (χ3n) is 10.3. The van der Waals surface area contributed by atoms with E-state index < -0.39 is 22.7 Å². The summed E-state index contributed by atoms with van der Waals surface area (Å²) in [4.78, 5) is 23.6. The van der Waals surface area contributed by atoms with Crippen LogP contribution >= 0.6 is 0 Å². The quantitative estimate of drug-likeness (QED) is 0.674. The van der Waals surface area contributed by atoms with Gasteiger partial charge in [-0.15, -0.1) is 0 Å². The normalized spacial score (nSPS) is 47.8. The highest BCUT2D eigenvalue weighted by Gasteiger charge is 2.72. The van der Waals surface area contributed by atoms with Gasteiger partial charge in [-0.05, 0) is 92.1 Å². The van der Waals surface area contributed by atoms with Crippen molar-refractivity contribution in [3.8, 4) is 0 Å². The smallest absolute Gasteiger partial charge is 0.335 e. The van der Waals surface area contributed by atoms with Crippen LogP contribution in [0, 0.1) is 28.6 Å². The van der Waals surface area contributed by atoms with Crippen LogP contribution in [0.25, 0.3) is 0 Å². The van der Waals surface area contributed by atoms with Crippen molar-refractivity contribution in [2.24, 2.45) is 28.6 Å². The van der Waals surface area contributed by atoms with E-state index in [1.54, 1.807) is 6.07 Å². The van der Waals surface area contributed by atoms with Gasteiger partial charge >= 0.3 is 11.6 Å². The molecule has 176 valence electrons. The SMILES string of the molecule is CC(=O)O[C@@H]1C[C@H](c2ccc(=O)oc2)[C@@]2(C)CC[C@H]3[C@@H](CC[C@H]4C[C@@H](O)CC[C@@]43C)[C@@]12O. The Morgan fingerprint density at radius 2 is 1.88 bits per heavy atom. The molecule has 0 radical (unpaired) electrons. The van der Waals surface area contributed by atoms with Crippen LogP contribution in [0.3, 0.4) is 0 Å². The standard InChI is InChI=1S/C26H36O6/c1-15(27)32-22-13-21(16-4-7-23(29)31-14-16)25(3)11-9-19-20(26(22,25)30)6-5-17-12-18(28)8-10-24(17,19)2/h4,7,14,17-22,28,30H,5-6,8-13H2,1-3H3/t17-,18-,19-,20+,21+,22+,24-,25+,26+/m0/s1. The van der Waals surface area contributed by atoms with Crippen molar-refractivity contribution >= 4 is 5.97 Å². The van der Waals surface area contributed by atoms with Crippen LogP contribution < -0.4 is 5.63 Å². The van der Waals surface area contributed by atoms with Gasteiger partial charge in [-0.3, -0.25) is 4.79 Å². The molecule has 6 nitrogen and oxygen atoms in total. The lowest BCUT2D eigenvalue weighted by atomic mass is 9.43. The topological polar surface area (TPSA) is 97.0 Å². The summed E-state index contributed by atoms with van der Waals surface area (Å²) >= 11 is 0. The van der Waals surface area contributed by atoms with Crippen LogP contribution in [0.4, 0.5) is 0 Å². The maximum Gasteiger partial charge on any atom is 0.335 e. The number of ether oxygens (including phenoxy) is 1. The van der Waals surface area contributed by atoms with E-state index in [9.17, 15) is 19.8 Å². The predicted molar refractivity (Wildman–Crippen MR) is 118 cm³/mol. The zero-order chi connectivity index (χ0) is 22.9. The van der Waals surface area contributed by atoms with E-state index in [1.165, 1.54) is 19.3 Å². The molecule has 2 N–H and O–H groups in total. The average molecular weight is 445 g/mol. The van der Waals surface area contributed by atoms with Gasteiger partial charge in [0.25, 0.3) is 0 Å². The molecule has 4 aliphatic rings. The summed E-state index contributed by atoms with van der Waals surface area (Å²) in [5.41, 5.74) is -1.02. The minimum atomic E-state index is -1.13. The summed E-state index contributed by atoms with van der Waals surface area (Å²) in [6.45, 7) is 5.92. The number of aliphatic hydroxyl groups is 2. The van der Waals surface area contributed by atoms with Gasteiger partial charge in [-0.1, -0.05) is 13.8 Å². The minimum absolute atomic E-state index is 0.0443. The molecule has 9 atom stereocenters. The van der Waals surface area contributed by atoms with Crippen LogP contribution in [-0.4, -0.2) is 34.0 Å². The molecule has 1 heterocycles. The first-order chi connectivity index (χ1) is 15.1. The molecule has 32 heavy (non-hydrogen) atoms. The molecule has 6 heteroatoms. The molecule has 4 aliphatic carbocycles. The molecule has 0 unspecified atom stereocenters. The van der Waals surface area contributed by atoms with Crippen LogP contribution in [0.5, 0.6) is 0 Å². The molecule has 1 aromatic heterocycles. The van der Waals surface area contributed by atoms with E-state index in [4.69, 9.17) is 9.15 Å². The van der Waals surface area contributed by atoms with Gasteiger partial charge in [-0.25, -0.2) is 4.79 Å². The first-order valence-corrected chi connectivity index (χ1v) is 12.3. The van der Waals surface area contributed by atoms with Gasteiger partial charge in [-0.2, -0.15) is 0 Å². The maximum absolute atomic E-state index is 12.6. The Kier molecular flexibility index (Phi) is 5.14. The second-order valence-corrected chi connectivity index (χ2v) is 11.5. The monoisotopic (exact) mass is 444 g/mol. The Morgan fingerprint density at radius 3 is 2.56 bits per heavy atom. The number of fused-ring (bicyclic) bond motifs is 5. The molecule has 4 fully saturated rings. The van der Waals surface area contributed by atoms with Gasteiger partial charge in [0.15, 0.2) is 0 Å². The predicted octanol–water partition coefficient (Wildman–Crippen LogP) is 3.78. The fourth-order valence-electron chi connectivity index (χ4n) is 8.63. The molecule has 0 saturated heterocycles. The summed E-state index contributed by atoms with van der Waals surface area (Å²) in [6, 6.07) is 3.23. The lowest BCUT2D eigenvalue weighted by Gasteiger charge is -2.64. The van der Waals surface area contributed by atoms with Crippen molar-refractivity contribution in [2.45, 2.75) is 95.9 Å². The van der Waals surface area contributed by atoms with E-state index in [1.807, 2.05) is 0 Å². The number of hydrogen-bond donors (Lipinski definition) is 2. The van der Waals surface area contributed by atoms with Crippen LogP contribution in [-0.2, 0) is 9.53 Å². The molecule has 0 aromatic carbocycles. The number of hydrogen-bond acceptors (Lipinski definition) is 6. The first kappa shape index (κ1) is 22.1. The first-order valence-electron chi connectivity index (χ1n) is 12.3. The Labute approximate surface area is 189 Å². The summed E-state index contributed by atoms with van der Waals surface area (Å²) in [5, 5.41) is 22.9. The molecular weight excluding hydrogens is 408 g/mol. The summed E-state index contributed by atoms with van der Waals surface area (Å²) in [6.07, 6.45) is 7.65. The average Bonchev–Trinajstić information content (AvgIpc) is 2.96. The molecular formula is C26H36O6. The van der Waals surface area contributed by atoms with Crippen molar-refractivity contribution < 1.29 is 24.2 Å². The maximum atomic E-state index is 12.6. The molecule has 0 bridgehead atoms. The molecule has 5 rings (SSSR count). The van der Waals surface area contributed by atoms with Gasteiger partial charge in [0.05, 0.1) is 12.4 Å². The largest absolute Gasteiger partial charge is 0.459 e. The van der Waals surface area contributed by atoms with E-state index in [0.29, 0.717) is 18.3 Å². The summed E-state index contributed by atoms with van der Waals surface area (Å²) < 4.78 is 11.0. The molecule has 0 amide bonds. The van der Waals surface area contributed by atoms with Crippen molar-refractivity contribution in [3.63, 3.8) is 0 Å². The number of esters is 1. The van der Waals surface area contributed by atoms with E-state index in [-0.39, 0.29) is 29.3 Å². The Balaban J connectivity index is 1.56. The number of aliphatic hydroxyl groups excluding tert-OH is 1. The number of rotatable bonds is 2. The summed E-state index contributed by atoms with van der Waals surface area (Å²) in [5.74, 6) is 0.447. The van der Waals surface area contributed by atoms with Crippen molar-refractivity contribution in [2.75, 3.05) is 0 Å². The second-order valence-electron chi connectivity index (χ2n) is 11.5. The summed E-state index contributed by atoms with van der Waals surface area (Å²) in [7, 11) is 0. The lowest BCUT2D eigenvalue weighted by molar-refractivity contribution is -0.239. The minimum Gasteiger partial charge on any atom is -0.459 e. The zero-order valence-electron chi connectivity index (χ0n) is 19.4. The highest BCUT2D eigenvalue weighted by Crippen LogP contribution is 2.71. The van der Waals surface area contributed by atoms with Gasteiger partial charge in [0.2, 0.25) is 0 Å². The Morgan fingerprint density at radius 1 is 1.09 bits per heavy atom. The van der Waals surface area contributed by atoms with Crippen LogP contribution in [0.15, 0.2) is 27.6 Å². The van der Waals surface area contributed by atoms with Gasteiger partial charge in [0.1, 0.15) is 11.7 Å². The van der Waals surface area contributed by atoms with E-state index in [2.05, 4.69) is 13.8 Å². The van der Waals surface area contributed by atoms with Crippen LogP contribution in [0.2, 0.25) is 0 Å². The van der Waals surface area contributed by atoms with Crippen LogP contribution in [0.1, 0.15) is 83.6 Å². The fourth-order valence-corrected chi connectivity index (χ4v) is 8.63. The second kappa shape index (κ2) is 7.42. The molecule has 0 aliphatic heterocycles. The highest BCUT2D eigenvalue weighted by molar-refractivity contribution is 5.66. The molecule has 4 saturated carbocycles. The molecule has 1 aromatic rings. The molecule has 0 spiro atoms. The third kappa shape index (κ3) is 2.98. The Bertz CT molecular complexity index is 935. The number of carbonyl (C=O) groups is 1. The third-order valence-corrected chi connectivity index (χ3v) is 10.3. The zero-order valence-corrected chi connectivity index (χ0v) is 19.4. The number of carbonyl (C=O) groups excluding carboxylic acids is 1. The van der Waals surface area contributed by atoms with Crippen molar-refractivity contribution in [1.29, 1.82) is 0 Å². The lowest BCUT2D eigenvalue weighted by Crippen LogP contribution is -2.65. The van der Waals surface area contributed by atoms with E-state index >= 15 is 0 Å². The van der Waals surface area contributed by atoms with Crippen molar-refractivity contribution in [1.82, 2.24) is 0 Å². The van der Waals surface area contributed by atoms with Gasteiger partial charge < -0.3 is 19.4 Å². The van der Waals surface area contributed by atoms with Crippen molar-refractivity contribution in [3.05, 3.63) is 34.4 Å². The van der Waals surface area contributed by atoms with Gasteiger partial charge in [0, 0.05) is 18.4 Å². The fraction of sp³-hybridized carbons (Fsp3) is 0.769. The van der Waals surface area contributed by atoms with E-state index in [0.717, 1.165) is 50.5 Å². The highest BCUT2D eigenvalue weighted by atomic mass is 16.6.